The zero-order chi connectivity index (χ0) is 13.6. The molecule has 0 aliphatic carbocycles. The minimum Gasteiger partial charge on any atom is -0.487 e. The minimum atomic E-state index is -0.881. The number of hydrogen-bond acceptors (Lipinski definition) is 3. The van der Waals surface area contributed by atoms with Gasteiger partial charge in [-0.1, -0.05) is 0 Å². The van der Waals surface area contributed by atoms with Gasteiger partial charge in [-0.15, -0.1) is 11.3 Å². The molecule has 0 unspecified atom stereocenters. The number of thiophene rings is 1. The van der Waals surface area contributed by atoms with E-state index >= 15 is 0 Å². The number of benzene rings is 1. The SMILES string of the molecule is CC1(C)Cc2cc(-c3cc(C(=O)O)cs3)ccc2O1. The highest BCUT2D eigenvalue weighted by atomic mass is 32.1. The van der Waals surface area contributed by atoms with Crippen LogP contribution in [0.25, 0.3) is 10.4 Å². The lowest BCUT2D eigenvalue weighted by molar-refractivity contribution is 0.0697. The van der Waals surface area contributed by atoms with Crippen molar-refractivity contribution in [3.8, 4) is 16.2 Å². The number of aromatic carboxylic acids is 1. The number of rotatable bonds is 2. The quantitative estimate of drug-likeness (QED) is 0.905. The Bertz CT molecular complexity index is 655. The molecule has 0 amide bonds. The molecular weight excluding hydrogens is 260 g/mol. The normalized spacial score (nSPS) is 15.9. The smallest absolute Gasteiger partial charge is 0.336 e. The second-order valence-electron chi connectivity index (χ2n) is 5.37. The van der Waals surface area contributed by atoms with E-state index in [2.05, 4.69) is 19.9 Å². The van der Waals surface area contributed by atoms with Crippen molar-refractivity contribution in [2.45, 2.75) is 25.9 Å². The first-order valence-corrected chi connectivity index (χ1v) is 6.97. The second-order valence-corrected chi connectivity index (χ2v) is 6.28. The van der Waals surface area contributed by atoms with Crippen molar-refractivity contribution < 1.29 is 14.6 Å². The Morgan fingerprint density at radius 2 is 2.16 bits per heavy atom. The fraction of sp³-hybridized carbons (Fsp3) is 0.267. The van der Waals surface area contributed by atoms with Crippen LogP contribution in [0.15, 0.2) is 29.6 Å². The molecule has 1 aromatic carbocycles. The van der Waals surface area contributed by atoms with Crippen molar-refractivity contribution in [2.24, 2.45) is 0 Å². The molecule has 0 fully saturated rings. The van der Waals surface area contributed by atoms with E-state index in [1.807, 2.05) is 12.1 Å². The van der Waals surface area contributed by atoms with Crippen molar-refractivity contribution in [1.82, 2.24) is 0 Å². The van der Waals surface area contributed by atoms with E-state index < -0.39 is 5.97 Å². The number of ether oxygens (including phenoxy) is 1. The monoisotopic (exact) mass is 274 g/mol. The van der Waals surface area contributed by atoms with Crippen molar-refractivity contribution in [3.63, 3.8) is 0 Å². The predicted octanol–water partition coefficient (Wildman–Crippen LogP) is 3.83. The van der Waals surface area contributed by atoms with E-state index in [1.165, 1.54) is 16.9 Å². The zero-order valence-corrected chi connectivity index (χ0v) is 11.6. The third-order valence-electron chi connectivity index (χ3n) is 3.19. The van der Waals surface area contributed by atoms with Crippen LogP contribution in [0.4, 0.5) is 0 Å². The molecule has 3 rings (SSSR count). The highest BCUT2D eigenvalue weighted by Crippen LogP contribution is 2.38. The maximum atomic E-state index is 10.9. The molecule has 3 nitrogen and oxygen atoms in total. The Balaban J connectivity index is 1.97. The van der Waals surface area contributed by atoms with Crippen molar-refractivity contribution in [2.75, 3.05) is 0 Å². The molecule has 2 heterocycles. The molecule has 1 aromatic heterocycles. The molecule has 0 bridgehead atoms. The molecule has 0 saturated heterocycles. The number of carbonyl (C=O) groups is 1. The molecule has 1 aliphatic rings. The summed E-state index contributed by atoms with van der Waals surface area (Å²) >= 11 is 1.45. The van der Waals surface area contributed by atoms with E-state index in [0.717, 1.165) is 22.6 Å². The number of hydrogen-bond donors (Lipinski definition) is 1. The zero-order valence-electron chi connectivity index (χ0n) is 10.8. The summed E-state index contributed by atoms with van der Waals surface area (Å²) in [6, 6.07) is 7.77. The molecule has 0 radical (unpaired) electrons. The average molecular weight is 274 g/mol. The first kappa shape index (κ1) is 12.2. The van der Waals surface area contributed by atoms with E-state index in [4.69, 9.17) is 9.84 Å². The Kier molecular flexibility index (Phi) is 2.64. The first-order chi connectivity index (χ1) is 8.94. The number of carboxylic acid groups (broad SMARTS) is 1. The van der Waals surface area contributed by atoms with Gasteiger partial charge >= 0.3 is 5.97 Å². The molecule has 98 valence electrons. The van der Waals surface area contributed by atoms with Crippen molar-refractivity contribution >= 4 is 17.3 Å². The van der Waals surface area contributed by atoms with Gasteiger partial charge in [-0.3, -0.25) is 0 Å². The summed E-state index contributed by atoms with van der Waals surface area (Å²) in [5, 5.41) is 10.6. The molecular formula is C15H14O3S. The lowest BCUT2D eigenvalue weighted by Crippen LogP contribution is -2.24. The van der Waals surface area contributed by atoms with Crippen LogP contribution in [0.3, 0.4) is 0 Å². The summed E-state index contributed by atoms with van der Waals surface area (Å²) < 4.78 is 5.84. The Hall–Kier alpha value is -1.81. The van der Waals surface area contributed by atoms with Crippen LogP contribution in [0.5, 0.6) is 5.75 Å². The fourth-order valence-electron chi connectivity index (χ4n) is 2.36. The molecule has 19 heavy (non-hydrogen) atoms. The molecule has 0 atom stereocenters. The van der Waals surface area contributed by atoms with Gasteiger partial charge < -0.3 is 9.84 Å². The van der Waals surface area contributed by atoms with E-state index in [-0.39, 0.29) is 5.60 Å². The van der Waals surface area contributed by atoms with Gasteiger partial charge in [0, 0.05) is 16.7 Å². The summed E-state index contributed by atoms with van der Waals surface area (Å²) in [6.07, 6.45) is 0.882. The Labute approximate surface area is 115 Å². The molecule has 4 heteroatoms. The topological polar surface area (TPSA) is 46.5 Å². The van der Waals surface area contributed by atoms with Gasteiger partial charge in [-0.05, 0) is 49.2 Å². The first-order valence-electron chi connectivity index (χ1n) is 6.09. The average Bonchev–Trinajstić information content (AvgIpc) is 2.89. The maximum Gasteiger partial charge on any atom is 0.336 e. The maximum absolute atomic E-state index is 10.9. The summed E-state index contributed by atoms with van der Waals surface area (Å²) in [7, 11) is 0. The van der Waals surface area contributed by atoms with E-state index in [0.29, 0.717) is 5.56 Å². The molecule has 0 spiro atoms. The van der Waals surface area contributed by atoms with Gasteiger partial charge in [-0.25, -0.2) is 4.79 Å². The standard InChI is InChI=1S/C15H14O3S/c1-15(2)7-10-5-9(3-4-12(10)18-15)13-6-11(8-19-13)14(16)17/h3-6,8H,7H2,1-2H3,(H,16,17). The lowest BCUT2D eigenvalue weighted by Gasteiger charge is -2.16. The fourth-order valence-corrected chi connectivity index (χ4v) is 3.24. The van der Waals surface area contributed by atoms with Crippen LogP contribution in [0.1, 0.15) is 29.8 Å². The Morgan fingerprint density at radius 1 is 1.37 bits per heavy atom. The third kappa shape index (κ3) is 2.24. The Morgan fingerprint density at radius 3 is 2.84 bits per heavy atom. The predicted molar refractivity (Wildman–Crippen MR) is 75.1 cm³/mol. The summed E-state index contributed by atoms with van der Waals surface area (Å²) in [4.78, 5) is 11.9. The van der Waals surface area contributed by atoms with Crippen molar-refractivity contribution in [1.29, 1.82) is 0 Å². The van der Waals surface area contributed by atoms with E-state index in [1.54, 1.807) is 11.4 Å². The number of fused-ring (bicyclic) bond motifs is 1. The van der Waals surface area contributed by atoms with Gasteiger partial charge in [0.1, 0.15) is 11.4 Å². The second kappa shape index (κ2) is 4.10. The van der Waals surface area contributed by atoms with Crippen LogP contribution in [0.2, 0.25) is 0 Å². The van der Waals surface area contributed by atoms with Gasteiger partial charge in [0.2, 0.25) is 0 Å². The number of carboxylic acids is 1. The lowest BCUT2D eigenvalue weighted by atomic mass is 10.00. The van der Waals surface area contributed by atoms with Crippen molar-refractivity contribution in [3.05, 3.63) is 40.8 Å². The molecule has 0 saturated carbocycles. The third-order valence-corrected chi connectivity index (χ3v) is 4.17. The van der Waals surface area contributed by atoms with Crippen LogP contribution in [0, 0.1) is 0 Å². The van der Waals surface area contributed by atoms with E-state index in [9.17, 15) is 4.79 Å². The molecule has 1 N–H and O–H groups in total. The van der Waals surface area contributed by atoms with Gasteiger partial charge in [0.25, 0.3) is 0 Å². The van der Waals surface area contributed by atoms with Crippen LogP contribution < -0.4 is 4.74 Å². The highest BCUT2D eigenvalue weighted by molar-refractivity contribution is 7.13. The molecule has 1 aliphatic heterocycles. The largest absolute Gasteiger partial charge is 0.487 e. The van der Waals surface area contributed by atoms with Crippen LogP contribution >= 0.6 is 11.3 Å². The van der Waals surface area contributed by atoms with Gasteiger partial charge in [0.05, 0.1) is 5.56 Å². The molecule has 2 aromatic rings. The van der Waals surface area contributed by atoms with Gasteiger partial charge in [0.15, 0.2) is 0 Å². The van der Waals surface area contributed by atoms with Crippen LogP contribution in [-0.2, 0) is 6.42 Å². The summed E-state index contributed by atoms with van der Waals surface area (Å²) in [5.74, 6) is 0.0527. The minimum absolute atomic E-state index is 0.150. The summed E-state index contributed by atoms with van der Waals surface area (Å²) in [6.45, 7) is 4.14. The van der Waals surface area contributed by atoms with Gasteiger partial charge in [-0.2, -0.15) is 0 Å². The highest BCUT2D eigenvalue weighted by Gasteiger charge is 2.30. The summed E-state index contributed by atoms with van der Waals surface area (Å²) in [5.41, 5.74) is 2.44. The van der Waals surface area contributed by atoms with Crippen LogP contribution in [-0.4, -0.2) is 16.7 Å².